The quantitative estimate of drug-likeness (QED) is 0.723. The standard InChI is InChI=1S/C10H16ClN3/c1-8(9-4-2-3-5-9)14-7-12-13-10(14)6-11/h7-9H,2-6H2,1H3. The predicted molar refractivity (Wildman–Crippen MR) is 56.2 cm³/mol. The first-order chi connectivity index (χ1) is 6.83. The Hall–Kier alpha value is -0.570. The van der Waals surface area contributed by atoms with Crippen molar-refractivity contribution in [1.29, 1.82) is 0 Å². The molecule has 1 heterocycles. The van der Waals surface area contributed by atoms with Crippen molar-refractivity contribution in [1.82, 2.24) is 14.8 Å². The number of aromatic nitrogens is 3. The minimum atomic E-state index is 0.455. The molecular weight excluding hydrogens is 198 g/mol. The van der Waals surface area contributed by atoms with Gasteiger partial charge in [0.25, 0.3) is 0 Å². The zero-order valence-electron chi connectivity index (χ0n) is 8.49. The number of alkyl halides is 1. The maximum absolute atomic E-state index is 5.80. The Kier molecular flexibility index (Phi) is 3.06. The highest BCUT2D eigenvalue weighted by Crippen LogP contribution is 2.34. The van der Waals surface area contributed by atoms with Gasteiger partial charge in [0.2, 0.25) is 0 Å². The summed E-state index contributed by atoms with van der Waals surface area (Å²) in [5, 5.41) is 7.92. The molecule has 4 heteroatoms. The van der Waals surface area contributed by atoms with E-state index in [9.17, 15) is 0 Å². The van der Waals surface area contributed by atoms with Crippen molar-refractivity contribution in [3.8, 4) is 0 Å². The second kappa shape index (κ2) is 4.30. The Balaban J connectivity index is 2.12. The van der Waals surface area contributed by atoms with E-state index in [1.54, 1.807) is 6.33 Å². The fraction of sp³-hybridized carbons (Fsp3) is 0.800. The van der Waals surface area contributed by atoms with Gasteiger partial charge in [0, 0.05) is 6.04 Å². The molecule has 1 saturated carbocycles. The summed E-state index contributed by atoms with van der Waals surface area (Å²) in [5.74, 6) is 2.14. The fourth-order valence-corrected chi connectivity index (χ4v) is 2.56. The summed E-state index contributed by atoms with van der Waals surface area (Å²) in [6, 6.07) is 0.501. The van der Waals surface area contributed by atoms with Crippen molar-refractivity contribution >= 4 is 11.6 Å². The van der Waals surface area contributed by atoms with E-state index in [0.29, 0.717) is 11.9 Å². The molecule has 0 aliphatic heterocycles. The van der Waals surface area contributed by atoms with Gasteiger partial charge in [-0.1, -0.05) is 12.8 Å². The normalized spacial score (nSPS) is 20.1. The average molecular weight is 214 g/mol. The summed E-state index contributed by atoms with van der Waals surface area (Å²) in [5.41, 5.74) is 0. The van der Waals surface area contributed by atoms with Crippen LogP contribution in [0.15, 0.2) is 6.33 Å². The molecule has 0 bridgehead atoms. The molecule has 1 aromatic rings. The van der Waals surface area contributed by atoms with E-state index in [1.165, 1.54) is 25.7 Å². The van der Waals surface area contributed by atoms with Crippen LogP contribution in [-0.2, 0) is 5.88 Å². The lowest BCUT2D eigenvalue weighted by Gasteiger charge is -2.21. The third kappa shape index (κ3) is 1.78. The van der Waals surface area contributed by atoms with Gasteiger partial charge in [-0.2, -0.15) is 0 Å². The van der Waals surface area contributed by atoms with Crippen LogP contribution in [0.2, 0.25) is 0 Å². The number of nitrogens with zero attached hydrogens (tertiary/aromatic N) is 3. The van der Waals surface area contributed by atoms with Crippen LogP contribution in [0.1, 0.15) is 44.5 Å². The van der Waals surface area contributed by atoms with E-state index >= 15 is 0 Å². The number of hydrogen-bond acceptors (Lipinski definition) is 2. The summed E-state index contributed by atoms with van der Waals surface area (Å²) >= 11 is 5.80. The second-order valence-electron chi connectivity index (χ2n) is 4.07. The lowest BCUT2D eigenvalue weighted by Crippen LogP contribution is -2.15. The Morgan fingerprint density at radius 2 is 2.29 bits per heavy atom. The predicted octanol–water partition coefficient (Wildman–Crippen LogP) is 2.77. The van der Waals surface area contributed by atoms with Crippen molar-refractivity contribution in [2.75, 3.05) is 0 Å². The number of halogens is 1. The van der Waals surface area contributed by atoms with E-state index < -0.39 is 0 Å². The minimum Gasteiger partial charge on any atom is -0.313 e. The maximum atomic E-state index is 5.80. The highest BCUT2D eigenvalue weighted by molar-refractivity contribution is 6.16. The van der Waals surface area contributed by atoms with E-state index in [4.69, 9.17) is 11.6 Å². The highest BCUT2D eigenvalue weighted by Gasteiger charge is 2.24. The molecule has 0 saturated heterocycles. The molecule has 1 aromatic heterocycles. The lowest BCUT2D eigenvalue weighted by atomic mass is 10.00. The van der Waals surface area contributed by atoms with Crippen LogP contribution in [0.25, 0.3) is 0 Å². The van der Waals surface area contributed by atoms with Crippen LogP contribution in [-0.4, -0.2) is 14.8 Å². The molecule has 1 unspecified atom stereocenters. The molecule has 0 radical (unpaired) electrons. The van der Waals surface area contributed by atoms with Gasteiger partial charge < -0.3 is 4.57 Å². The van der Waals surface area contributed by atoms with Gasteiger partial charge in [-0.05, 0) is 25.7 Å². The Morgan fingerprint density at radius 3 is 2.93 bits per heavy atom. The van der Waals surface area contributed by atoms with Crippen molar-refractivity contribution in [3.63, 3.8) is 0 Å². The van der Waals surface area contributed by atoms with E-state index in [1.807, 2.05) is 0 Å². The van der Waals surface area contributed by atoms with Crippen LogP contribution in [0, 0.1) is 5.92 Å². The van der Waals surface area contributed by atoms with Crippen molar-refractivity contribution in [2.45, 2.75) is 44.5 Å². The van der Waals surface area contributed by atoms with Gasteiger partial charge in [0.15, 0.2) is 0 Å². The van der Waals surface area contributed by atoms with Crippen LogP contribution in [0.4, 0.5) is 0 Å². The smallest absolute Gasteiger partial charge is 0.148 e. The third-order valence-electron chi connectivity index (χ3n) is 3.29. The van der Waals surface area contributed by atoms with Crippen LogP contribution >= 0.6 is 11.6 Å². The zero-order chi connectivity index (χ0) is 9.97. The van der Waals surface area contributed by atoms with E-state index in [-0.39, 0.29) is 0 Å². The van der Waals surface area contributed by atoms with E-state index in [0.717, 1.165) is 11.7 Å². The average Bonchev–Trinajstić information content (AvgIpc) is 2.87. The van der Waals surface area contributed by atoms with Gasteiger partial charge in [-0.15, -0.1) is 21.8 Å². The molecule has 2 rings (SSSR count). The summed E-state index contributed by atoms with van der Waals surface area (Å²) < 4.78 is 2.13. The van der Waals surface area contributed by atoms with E-state index in [2.05, 4.69) is 21.7 Å². The molecule has 1 aliphatic carbocycles. The van der Waals surface area contributed by atoms with Gasteiger partial charge in [-0.3, -0.25) is 0 Å². The molecule has 3 nitrogen and oxygen atoms in total. The molecule has 0 amide bonds. The Bertz CT molecular complexity index is 291. The molecule has 1 fully saturated rings. The number of hydrogen-bond donors (Lipinski definition) is 0. The van der Waals surface area contributed by atoms with Crippen molar-refractivity contribution in [2.24, 2.45) is 5.92 Å². The van der Waals surface area contributed by atoms with Crippen molar-refractivity contribution in [3.05, 3.63) is 12.2 Å². The Morgan fingerprint density at radius 1 is 1.57 bits per heavy atom. The monoisotopic (exact) mass is 213 g/mol. The molecule has 1 atom stereocenters. The molecule has 0 aromatic carbocycles. The Labute approximate surface area is 89.5 Å². The van der Waals surface area contributed by atoms with Gasteiger partial charge >= 0.3 is 0 Å². The third-order valence-corrected chi connectivity index (χ3v) is 3.53. The molecule has 1 aliphatic rings. The first-order valence-corrected chi connectivity index (χ1v) is 5.80. The minimum absolute atomic E-state index is 0.455. The summed E-state index contributed by atoms with van der Waals surface area (Å²) in [6.45, 7) is 2.25. The molecular formula is C10H16ClN3. The molecule has 0 spiro atoms. The number of rotatable bonds is 3. The zero-order valence-corrected chi connectivity index (χ0v) is 9.24. The summed E-state index contributed by atoms with van der Waals surface area (Å²) in [4.78, 5) is 0. The van der Waals surface area contributed by atoms with Crippen LogP contribution < -0.4 is 0 Å². The van der Waals surface area contributed by atoms with Crippen LogP contribution in [0.3, 0.4) is 0 Å². The summed E-state index contributed by atoms with van der Waals surface area (Å²) in [7, 11) is 0. The second-order valence-corrected chi connectivity index (χ2v) is 4.34. The lowest BCUT2D eigenvalue weighted by molar-refractivity contribution is 0.354. The van der Waals surface area contributed by atoms with Gasteiger partial charge in [0.05, 0.1) is 5.88 Å². The topological polar surface area (TPSA) is 30.7 Å². The first kappa shape index (κ1) is 9.97. The largest absolute Gasteiger partial charge is 0.313 e. The fourth-order valence-electron chi connectivity index (χ4n) is 2.37. The van der Waals surface area contributed by atoms with Gasteiger partial charge in [-0.25, -0.2) is 0 Å². The molecule has 14 heavy (non-hydrogen) atoms. The first-order valence-electron chi connectivity index (χ1n) is 5.27. The molecule has 78 valence electrons. The SMILES string of the molecule is CC(C1CCCC1)n1cnnc1CCl. The van der Waals surface area contributed by atoms with Gasteiger partial charge in [0.1, 0.15) is 12.2 Å². The molecule has 0 N–H and O–H groups in total. The van der Waals surface area contributed by atoms with Crippen molar-refractivity contribution < 1.29 is 0 Å². The van der Waals surface area contributed by atoms with Crippen LogP contribution in [0.5, 0.6) is 0 Å². The maximum Gasteiger partial charge on any atom is 0.148 e. The highest BCUT2D eigenvalue weighted by atomic mass is 35.5. The summed E-state index contributed by atoms with van der Waals surface area (Å²) in [6.07, 6.45) is 7.21.